The van der Waals surface area contributed by atoms with E-state index in [0.717, 1.165) is 31.6 Å². The number of halogens is 6. The Bertz CT molecular complexity index is 1240. The SMILES string of the molecule is FC(F)(F)c1ccc(-c2noc(-c3cnn4c3NCC=C4C3CCNCC3)n2)c(C(F)(F)F)c1. The van der Waals surface area contributed by atoms with Crippen molar-refractivity contribution in [2.24, 2.45) is 5.92 Å². The van der Waals surface area contributed by atoms with Crippen molar-refractivity contribution in [3.05, 3.63) is 41.6 Å². The van der Waals surface area contributed by atoms with E-state index < -0.39 is 34.9 Å². The second-order valence-electron chi connectivity index (χ2n) is 8.03. The summed E-state index contributed by atoms with van der Waals surface area (Å²) in [5, 5.41) is 14.5. The Hall–Kier alpha value is -3.35. The van der Waals surface area contributed by atoms with E-state index in [0.29, 0.717) is 36.0 Å². The number of hydrogen-bond donors (Lipinski definition) is 2. The standard InChI is InChI=1S/C21H18F6N6O/c22-20(23,24)12-1-2-13(15(9-12)21(25,26)27)17-31-19(34-32-17)14-10-30-33-16(5-8-29-18(14)33)11-3-6-28-7-4-11/h1-2,5,9-11,28-29H,3-4,6-8H2. The summed E-state index contributed by atoms with van der Waals surface area (Å²) in [6, 6.07) is 1.30. The number of benzene rings is 1. The molecular weight excluding hydrogens is 466 g/mol. The lowest BCUT2D eigenvalue weighted by Gasteiger charge is -2.28. The molecule has 34 heavy (non-hydrogen) atoms. The highest BCUT2D eigenvalue weighted by Crippen LogP contribution is 2.41. The van der Waals surface area contributed by atoms with Gasteiger partial charge in [-0.3, -0.25) is 0 Å². The zero-order valence-corrected chi connectivity index (χ0v) is 17.5. The Morgan fingerprint density at radius 3 is 2.47 bits per heavy atom. The van der Waals surface area contributed by atoms with E-state index in [1.54, 1.807) is 4.68 Å². The maximum absolute atomic E-state index is 13.5. The van der Waals surface area contributed by atoms with Gasteiger partial charge in [0.2, 0.25) is 5.82 Å². The molecule has 13 heteroatoms. The molecule has 0 radical (unpaired) electrons. The first kappa shape index (κ1) is 22.4. The van der Waals surface area contributed by atoms with Gasteiger partial charge >= 0.3 is 12.4 Å². The molecule has 5 rings (SSSR count). The van der Waals surface area contributed by atoms with Crippen LogP contribution in [0.5, 0.6) is 0 Å². The van der Waals surface area contributed by atoms with Gasteiger partial charge in [-0.05, 0) is 50.2 Å². The number of piperidine rings is 1. The summed E-state index contributed by atoms with van der Waals surface area (Å²) in [4.78, 5) is 4.05. The normalized spacial score (nSPS) is 17.3. The summed E-state index contributed by atoms with van der Waals surface area (Å²) in [6.45, 7) is 2.30. The van der Waals surface area contributed by atoms with Crippen LogP contribution in [-0.2, 0) is 12.4 Å². The molecule has 0 amide bonds. The summed E-state index contributed by atoms with van der Waals surface area (Å²) in [5.41, 5.74) is -2.12. The van der Waals surface area contributed by atoms with Gasteiger partial charge in [0.15, 0.2) is 0 Å². The summed E-state index contributed by atoms with van der Waals surface area (Å²) in [7, 11) is 0. The van der Waals surface area contributed by atoms with Crippen LogP contribution in [0.3, 0.4) is 0 Å². The maximum Gasteiger partial charge on any atom is 0.417 e. The second kappa shape index (κ2) is 8.15. The molecule has 2 N–H and O–H groups in total. The lowest BCUT2D eigenvalue weighted by molar-refractivity contribution is -0.142. The highest BCUT2D eigenvalue weighted by molar-refractivity contribution is 5.76. The highest BCUT2D eigenvalue weighted by atomic mass is 19.4. The van der Waals surface area contributed by atoms with E-state index >= 15 is 0 Å². The molecule has 2 aliphatic rings. The van der Waals surface area contributed by atoms with Crippen molar-refractivity contribution in [1.29, 1.82) is 0 Å². The molecule has 0 spiro atoms. The van der Waals surface area contributed by atoms with Crippen molar-refractivity contribution in [2.75, 3.05) is 25.0 Å². The van der Waals surface area contributed by atoms with Crippen LogP contribution >= 0.6 is 0 Å². The summed E-state index contributed by atoms with van der Waals surface area (Å²) in [6.07, 6.45) is -4.58. The maximum atomic E-state index is 13.5. The molecule has 0 atom stereocenters. The number of anilines is 1. The van der Waals surface area contributed by atoms with Gasteiger partial charge in [-0.25, -0.2) is 4.68 Å². The zero-order chi connectivity index (χ0) is 24.1. The minimum Gasteiger partial charge on any atom is -0.366 e. The van der Waals surface area contributed by atoms with Crippen LogP contribution in [0.2, 0.25) is 0 Å². The number of alkyl halides is 6. The van der Waals surface area contributed by atoms with E-state index in [2.05, 4.69) is 25.9 Å². The lowest BCUT2D eigenvalue weighted by Crippen LogP contribution is -2.31. The van der Waals surface area contributed by atoms with E-state index in [1.165, 1.54) is 6.20 Å². The predicted octanol–water partition coefficient (Wildman–Crippen LogP) is 4.90. The Morgan fingerprint density at radius 1 is 1.00 bits per heavy atom. The zero-order valence-electron chi connectivity index (χ0n) is 17.5. The number of allylic oxidation sites excluding steroid dienone is 1. The van der Waals surface area contributed by atoms with E-state index in [4.69, 9.17) is 4.52 Å². The van der Waals surface area contributed by atoms with Crippen molar-refractivity contribution < 1.29 is 30.9 Å². The summed E-state index contributed by atoms with van der Waals surface area (Å²) in [5.74, 6) is 0.300. The molecule has 1 fully saturated rings. The van der Waals surface area contributed by atoms with Gasteiger partial charge in [-0.2, -0.15) is 36.4 Å². The average Bonchev–Trinajstić information content (AvgIpc) is 3.45. The van der Waals surface area contributed by atoms with Gasteiger partial charge in [0.05, 0.1) is 17.3 Å². The topological polar surface area (TPSA) is 80.8 Å². The fourth-order valence-electron chi connectivity index (χ4n) is 4.26. The first-order chi connectivity index (χ1) is 16.1. The minimum atomic E-state index is -5.05. The van der Waals surface area contributed by atoms with Gasteiger partial charge < -0.3 is 15.2 Å². The molecule has 0 unspecified atom stereocenters. The molecule has 1 saturated heterocycles. The number of aromatic nitrogens is 4. The predicted molar refractivity (Wildman–Crippen MR) is 109 cm³/mol. The molecule has 0 saturated carbocycles. The molecule has 180 valence electrons. The van der Waals surface area contributed by atoms with Crippen molar-refractivity contribution >= 4 is 11.5 Å². The second-order valence-corrected chi connectivity index (χ2v) is 8.03. The third-order valence-corrected chi connectivity index (χ3v) is 5.90. The smallest absolute Gasteiger partial charge is 0.366 e. The lowest BCUT2D eigenvalue weighted by atomic mass is 9.93. The van der Waals surface area contributed by atoms with Crippen LogP contribution in [-0.4, -0.2) is 39.6 Å². The molecule has 4 heterocycles. The molecule has 1 aromatic carbocycles. The largest absolute Gasteiger partial charge is 0.417 e. The molecule has 0 aliphatic carbocycles. The molecule has 7 nitrogen and oxygen atoms in total. The van der Waals surface area contributed by atoms with Crippen molar-refractivity contribution in [3.63, 3.8) is 0 Å². The van der Waals surface area contributed by atoms with Crippen LogP contribution in [0.15, 0.2) is 35.0 Å². The first-order valence-corrected chi connectivity index (χ1v) is 10.5. The molecular formula is C21H18F6N6O. The number of nitrogens with one attached hydrogen (secondary N) is 2. The van der Waals surface area contributed by atoms with Gasteiger partial charge in [-0.15, -0.1) is 0 Å². The quantitative estimate of drug-likeness (QED) is 0.515. The molecule has 0 bridgehead atoms. The number of rotatable bonds is 3. The van der Waals surface area contributed by atoms with Crippen molar-refractivity contribution in [2.45, 2.75) is 25.2 Å². The molecule has 3 aromatic rings. The first-order valence-electron chi connectivity index (χ1n) is 10.5. The van der Waals surface area contributed by atoms with Crippen molar-refractivity contribution in [1.82, 2.24) is 25.2 Å². The minimum absolute atomic E-state index is 0.0464. The fourth-order valence-corrected chi connectivity index (χ4v) is 4.26. The third-order valence-electron chi connectivity index (χ3n) is 5.90. The number of hydrogen-bond acceptors (Lipinski definition) is 6. The summed E-state index contributed by atoms with van der Waals surface area (Å²) < 4.78 is 86.4. The van der Waals surface area contributed by atoms with Crippen LogP contribution in [0, 0.1) is 5.92 Å². The van der Waals surface area contributed by atoms with Crippen LogP contribution in [0.4, 0.5) is 32.2 Å². The van der Waals surface area contributed by atoms with Gasteiger partial charge in [0.1, 0.15) is 11.4 Å². The Morgan fingerprint density at radius 2 is 1.76 bits per heavy atom. The Balaban J connectivity index is 1.50. The van der Waals surface area contributed by atoms with Gasteiger partial charge in [0.25, 0.3) is 5.89 Å². The van der Waals surface area contributed by atoms with E-state index in [9.17, 15) is 26.3 Å². The number of fused-ring (bicyclic) bond motifs is 1. The van der Waals surface area contributed by atoms with Crippen molar-refractivity contribution in [3.8, 4) is 22.8 Å². The molecule has 2 aromatic heterocycles. The summed E-state index contributed by atoms with van der Waals surface area (Å²) >= 11 is 0. The van der Waals surface area contributed by atoms with Crippen LogP contribution < -0.4 is 10.6 Å². The average molecular weight is 484 g/mol. The van der Waals surface area contributed by atoms with E-state index in [1.807, 2.05) is 6.08 Å². The fraction of sp³-hybridized carbons (Fsp3) is 0.381. The van der Waals surface area contributed by atoms with Crippen LogP contribution in [0.25, 0.3) is 28.5 Å². The monoisotopic (exact) mass is 484 g/mol. The Labute approximate surface area is 188 Å². The van der Waals surface area contributed by atoms with E-state index in [-0.39, 0.29) is 12.0 Å². The Kier molecular flexibility index (Phi) is 5.38. The number of nitrogens with zero attached hydrogens (tertiary/aromatic N) is 4. The van der Waals surface area contributed by atoms with Crippen LogP contribution in [0.1, 0.15) is 24.0 Å². The molecule has 2 aliphatic heterocycles. The highest BCUT2D eigenvalue weighted by Gasteiger charge is 2.39. The van der Waals surface area contributed by atoms with Gasteiger partial charge in [-0.1, -0.05) is 5.16 Å². The van der Waals surface area contributed by atoms with Gasteiger partial charge in [0, 0.05) is 23.7 Å². The third kappa shape index (κ3) is 4.04.